The van der Waals surface area contributed by atoms with E-state index in [1.165, 1.54) is 0 Å². The monoisotopic (exact) mass is 223 g/mol. The molecule has 1 rings (SSSR count). The minimum Gasteiger partial charge on any atom is -0.390 e. The van der Waals surface area contributed by atoms with E-state index in [4.69, 9.17) is 4.74 Å². The maximum Gasteiger partial charge on any atom is 0.154 e. The van der Waals surface area contributed by atoms with E-state index in [0.29, 0.717) is 13.2 Å². The quantitative estimate of drug-likeness (QED) is 0.643. The molecule has 0 aromatic rings. The Morgan fingerprint density at radius 1 is 1.50 bits per heavy atom. The Kier molecular flexibility index (Phi) is 3.88. The van der Waals surface area contributed by atoms with E-state index in [0.717, 1.165) is 0 Å². The molecule has 6 heteroatoms. The lowest BCUT2D eigenvalue weighted by molar-refractivity contribution is 0.0782. The molecule has 0 bridgehead atoms. The number of hydrogen-bond acceptors (Lipinski definition) is 5. The molecule has 0 spiro atoms. The Balaban J connectivity index is 2.52. The van der Waals surface area contributed by atoms with Gasteiger partial charge in [0.05, 0.1) is 30.3 Å². The van der Waals surface area contributed by atoms with Crippen molar-refractivity contribution in [1.29, 1.82) is 0 Å². The number of rotatable bonds is 4. The Morgan fingerprint density at radius 2 is 2.14 bits per heavy atom. The fraction of sp³-hybridized carbons (Fsp3) is 1.00. The molecule has 0 aromatic heterocycles. The van der Waals surface area contributed by atoms with Gasteiger partial charge in [-0.1, -0.05) is 0 Å². The molecule has 1 heterocycles. The van der Waals surface area contributed by atoms with Crippen LogP contribution in [0.3, 0.4) is 0 Å². The van der Waals surface area contributed by atoms with Gasteiger partial charge in [0.15, 0.2) is 9.84 Å². The van der Waals surface area contributed by atoms with Crippen LogP contribution < -0.4 is 0 Å². The van der Waals surface area contributed by atoms with E-state index in [-0.39, 0.29) is 17.5 Å². The Morgan fingerprint density at radius 3 is 2.57 bits per heavy atom. The standard InChI is InChI=1S/C8H17NO4S/c1-9(3-4-13-2)7-5-14(11,12)6-8(7)10/h7-8,10H,3-6H2,1-2H3/t7-,8-/m1/s1. The normalized spacial score (nSPS) is 31.1. The van der Waals surface area contributed by atoms with Gasteiger partial charge in [-0.05, 0) is 7.05 Å². The van der Waals surface area contributed by atoms with Crippen molar-refractivity contribution in [1.82, 2.24) is 4.90 Å². The van der Waals surface area contributed by atoms with Crippen molar-refractivity contribution < 1.29 is 18.3 Å². The number of likely N-dealkylation sites (N-methyl/N-ethyl adjacent to an activating group) is 1. The zero-order valence-electron chi connectivity index (χ0n) is 8.51. The molecule has 1 aliphatic rings. The van der Waals surface area contributed by atoms with Crippen molar-refractivity contribution in [2.24, 2.45) is 0 Å². The van der Waals surface area contributed by atoms with Crippen molar-refractivity contribution in [2.75, 3.05) is 38.8 Å². The number of methoxy groups -OCH3 is 1. The second-order valence-corrected chi connectivity index (χ2v) is 5.84. The smallest absolute Gasteiger partial charge is 0.154 e. The fourth-order valence-electron chi connectivity index (χ4n) is 1.63. The molecular weight excluding hydrogens is 206 g/mol. The summed E-state index contributed by atoms with van der Waals surface area (Å²) in [6.07, 6.45) is -0.762. The van der Waals surface area contributed by atoms with Crippen LogP contribution in [0.5, 0.6) is 0 Å². The average molecular weight is 223 g/mol. The van der Waals surface area contributed by atoms with Crippen molar-refractivity contribution in [2.45, 2.75) is 12.1 Å². The molecule has 5 nitrogen and oxygen atoms in total. The zero-order valence-corrected chi connectivity index (χ0v) is 9.33. The highest BCUT2D eigenvalue weighted by molar-refractivity contribution is 7.91. The minimum absolute atomic E-state index is 0.0500. The van der Waals surface area contributed by atoms with Gasteiger partial charge in [0.1, 0.15) is 0 Å². The Bertz CT molecular complexity index is 277. The third-order valence-corrected chi connectivity index (χ3v) is 4.21. The number of aliphatic hydroxyl groups excluding tert-OH is 1. The highest BCUT2D eigenvalue weighted by Crippen LogP contribution is 2.16. The lowest BCUT2D eigenvalue weighted by Crippen LogP contribution is -2.42. The first-order valence-electron chi connectivity index (χ1n) is 4.54. The van der Waals surface area contributed by atoms with Gasteiger partial charge in [-0.15, -0.1) is 0 Å². The number of ether oxygens (including phenoxy) is 1. The fourth-order valence-corrected chi connectivity index (χ4v) is 3.51. The minimum atomic E-state index is -3.05. The molecule has 1 aliphatic heterocycles. The van der Waals surface area contributed by atoms with Gasteiger partial charge in [0.2, 0.25) is 0 Å². The summed E-state index contributed by atoms with van der Waals surface area (Å²) in [6, 6.07) is -0.282. The highest BCUT2D eigenvalue weighted by Gasteiger charge is 2.38. The van der Waals surface area contributed by atoms with Gasteiger partial charge in [-0.2, -0.15) is 0 Å². The summed E-state index contributed by atoms with van der Waals surface area (Å²) in [5.74, 6) is -0.0661. The van der Waals surface area contributed by atoms with Gasteiger partial charge in [-0.25, -0.2) is 8.42 Å². The lowest BCUT2D eigenvalue weighted by atomic mass is 10.2. The highest BCUT2D eigenvalue weighted by atomic mass is 32.2. The molecule has 2 atom stereocenters. The van der Waals surface area contributed by atoms with E-state index in [9.17, 15) is 13.5 Å². The largest absolute Gasteiger partial charge is 0.390 e. The molecule has 1 fully saturated rings. The van der Waals surface area contributed by atoms with E-state index in [2.05, 4.69) is 0 Å². The van der Waals surface area contributed by atoms with Crippen LogP contribution in [0.4, 0.5) is 0 Å². The zero-order chi connectivity index (χ0) is 10.8. The summed E-state index contributed by atoms with van der Waals surface area (Å²) < 4.78 is 27.3. The molecule has 14 heavy (non-hydrogen) atoms. The predicted octanol–water partition coefficient (Wildman–Crippen LogP) is -1.28. The first kappa shape index (κ1) is 11.9. The first-order valence-corrected chi connectivity index (χ1v) is 6.36. The van der Waals surface area contributed by atoms with Crippen LogP contribution in [-0.4, -0.2) is 69.4 Å². The van der Waals surface area contributed by atoms with Crippen LogP contribution in [-0.2, 0) is 14.6 Å². The molecule has 0 aliphatic carbocycles. The number of nitrogens with zero attached hydrogens (tertiary/aromatic N) is 1. The molecule has 0 amide bonds. The van der Waals surface area contributed by atoms with Gasteiger partial charge in [0.25, 0.3) is 0 Å². The second kappa shape index (κ2) is 4.57. The van der Waals surface area contributed by atoms with Crippen LogP contribution >= 0.6 is 0 Å². The summed E-state index contributed by atoms with van der Waals surface area (Å²) in [5, 5.41) is 9.53. The van der Waals surface area contributed by atoms with Crippen molar-refractivity contribution >= 4 is 9.84 Å². The first-order chi connectivity index (χ1) is 6.46. The molecule has 0 radical (unpaired) electrons. The van der Waals surface area contributed by atoms with E-state index >= 15 is 0 Å². The summed E-state index contributed by atoms with van der Waals surface area (Å²) >= 11 is 0. The molecular formula is C8H17NO4S. The van der Waals surface area contributed by atoms with Gasteiger partial charge in [0, 0.05) is 13.7 Å². The summed E-state index contributed by atoms with van der Waals surface area (Å²) in [7, 11) is 0.345. The second-order valence-electron chi connectivity index (χ2n) is 3.69. The van der Waals surface area contributed by atoms with Gasteiger partial charge in [-0.3, -0.25) is 4.90 Å². The topological polar surface area (TPSA) is 66.8 Å². The van der Waals surface area contributed by atoms with Crippen molar-refractivity contribution in [3.8, 4) is 0 Å². The molecule has 1 N–H and O–H groups in total. The molecule has 1 saturated heterocycles. The number of hydrogen-bond donors (Lipinski definition) is 1. The summed E-state index contributed by atoms with van der Waals surface area (Å²) in [6.45, 7) is 1.17. The van der Waals surface area contributed by atoms with E-state index in [1.807, 2.05) is 4.90 Å². The SMILES string of the molecule is COCCN(C)[C@@H]1CS(=O)(=O)C[C@H]1O. The lowest BCUT2D eigenvalue weighted by Gasteiger charge is -2.25. The number of aliphatic hydroxyl groups is 1. The summed E-state index contributed by atoms with van der Waals surface area (Å²) in [5.41, 5.74) is 0. The maximum atomic E-state index is 11.2. The Labute approximate surface area is 84.6 Å². The van der Waals surface area contributed by atoms with Crippen LogP contribution in [0.15, 0.2) is 0 Å². The molecule has 84 valence electrons. The molecule has 0 aromatic carbocycles. The maximum absolute atomic E-state index is 11.2. The Hall–Kier alpha value is -0.170. The third-order valence-electron chi connectivity index (χ3n) is 2.51. The average Bonchev–Trinajstić information content (AvgIpc) is 2.35. The van der Waals surface area contributed by atoms with Crippen LogP contribution in [0.1, 0.15) is 0 Å². The molecule has 0 saturated carbocycles. The predicted molar refractivity (Wildman–Crippen MR) is 53.0 cm³/mol. The summed E-state index contributed by atoms with van der Waals surface area (Å²) in [4.78, 5) is 1.83. The van der Waals surface area contributed by atoms with Crippen LogP contribution in [0.2, 0.25) is 0 Å². The third kappa shape index (κ3) is 2.91. The van der Waals surface area contributed by atoms with Gasteiger partial charge < -0.3 is 9.84 Å². The van der Waals surface area contributed by atoms with Gasteiger partial charge >= 0.3 is 0 Å². The molecule has 0 unspecified atom stereocenters. The number of sulfone groups is 1. The van der Waals surface area contributed by atoms with Crippen molar-refractivity contribution in [3.05, 3.63) is 0 Å². The van der Waals surface area contributed by atoms with E-state index < -0.39 is 15.9 Å². The van der Waals surface area contributed by atoms with Crippen LogP contribution in [0, 0.1) is 0 Å². The van der Waals surface area contributed by atoms with Crippen molar-refractivity contribution in [3.63, 3.8) is 0 Å². The van der Waals surface area contributed by atoms with E-state index in [1.54, 1.807) is 14.2 Å². The van der Waals surface area contributed by atoms with Crippen LogP contribution in [0.25, 0.3) is 0 Å².